The van der Waals surface area contributed by atoms with Crippen LogP contribution in [0.15, 0.2) is 30.3 Å². The van der Waals surface area contributed by atoms with Gasteiger partial charge in [-0.25, -0.2) is 5.30 Å². The lowest BCUT2D eigenvalue weighted by atomic mass is 10.1. The third-order valence-electron chi connectivity index (χ3n) is 3.00. The van der Waals surface area contributed by atoms with E-state index >= 15 is 0 Å². The molecule has 1 aromatic heterocycles. The van der Waals surface area contributed by atoms with Crippen molar-refractivity contribution in [2.24, 2.45) is 0 Å². The molecule has 1 heteroatoms. The van der Waals surface area contributed by atoms with Gasteiger partial charge in [0.1, 0.15) is 0 Å². The minimum absolute atomic E-state index is 1.16. The highest BCUT2D eigenvalue weighted by atomic mass is 31.0. The number of aryl methyl sites for hydroxylation is 3. The minimum Gasteiger partial charge on any atom is -0.519 e. The molecule has 0 unspecified atom stereocenters. The van der Waals surface area contributed by atoms with Gasteiger partial charge in [-0.05, 0) is 18.9 Å². The Bertz CT molecular complexity index is 441. The van der Waals surface area contributed by atoms with E-state index in [0.717, 1.165) is 6.42 Å². The summed E-state index contributed by atoms with van der Waals surface area (Å²) in [7, 11) is 1.42. The Balaban J connectivity index is 2.40. The van der Waals surface area contributed by atoms with Gasteiger partial charge in [-0.2, -0.15) is 5.30 Å². The van der Waals surface area contributed by atoms with E-state index in [9.17, 15) is 0 Å². The van der Waals surface area contributed by atoms with Gasteiger partial charge in [0.25, 0.3) is 0 Å². The highest BCUT2D eigenvalue weighted by molar-refractivity contribution is 7.35. The summed E-state index contributed by atoms with van der Waals surface area (Å²) in [6, 6.07) is 11.2. The molecule has 0 aliphatic rings. The van der Waals surface area contributed by atoms with Gasteiger partial charge in [0.2, 0.25) is 0 Å². The lowest BCUT2D eigenvalue weighted by molar-refractivity contribution is 1.07. The normalized spacial score (nSPS) is 11.2. The lowest BCUT2D eigenvalue weighted by Crippen LogP contribution is -1.80. The SMILES string of the molecule is CCc1cc(-c2ccc(C)cc2)[p-]c1CC. The fourth-order valence-electron chi connectivity index (χ4n) is 1.98. The standard InChI is InChI=1S/C15H18P/c1-4-12-10-15(16-14(12)5-2)13-8-6-11(3)7-9-13/h6-10H,4-5H2,1-3H3/q-1. The Morgan fingerprint density at radius 1 is 1.00 bits per heavy atom. The molecule has 0 saturated heterocycles. The Morgan fingerprint density at radius 2 is 1.69 bits per heavy atom. The van der Waals surface area contributed by atoms with Crippen molar-refractivity contribution in [2.45, 2.75) is 33.6 Å². The maximum Gasteiger partial charge on any atom is -0.0331 e. The van der Waals surface area contributed by atoms with Crippen molar-refractivity contribution in [1.82, 2.24) is 0 Å². The molecular formula is C15H18P-. The molecule has 2 rings (SSSR count). The van der Waals surface area contributed by atoms with Crippen molar-refractivity contribution in [1.29, 1.82) is 0 Å². The summed E-state index contributed by atoms with van der Waals surface area (Å²) in [5.41, 5.74) is 4.25. The molecule has 0 aliphatic carbocycles. The molecule has 16 heavy (non-hydrogen) atoms. The molecular weight excluding hydrogens is 211 g/mol. The first-order valence-electron chi connectivity index (χ1n) is 5.97. The third kappa shape index (κ3) is 2.23. The van der Waals surface area contributed by atoms with Gasteiger partial charge >= 0.3 is 0 Å². The predicted molar refractivity (Wildman–Crippen MR) is 73.5 cm³/mol. The number of rotatable bonds is 3. The van der Waals surface area contributed by atoms with Crippen molar-refractivity contribution in [3.8, 4) is 10.9 Å². The van der Waals surface area contributed by atoms with Crippen molar-refractivity contribution in [3.63, 3.8) is 0 Å². The first kappa shape index (κ1) is 11.5. The second-order valence-electron chi connectivity index (χ2n) is 4.19. The molecule has 1 heterocycles. The van der Waals surface area contributed by atoms with Crippen LogP contribution in [0.4, 0.5) is 0 Å². The van der Waals surface area contributed by atoms with E-state index < -0.39 is 0 Å². The molecule has 0 radical (unpaired) electrons. The maximum atomic E-state index is 2.38. The van der Waals surface area contributed by atoms with E-state index in [4.69, 9.17) is 0 Å². The summed E-state index contributed by atoms with van der Waals surface area (Å²) in [6.07, 6.45) is 2.34. The van der Waals surface area contributed by atoms with Crippen molar-refractivity contribution in [3.05, 3.63) is 46.8 Å². The highest BCUT2D eigenvalue weighted by Gasteiger charge is 1.96. The van der Waals surface area contributed by atoms with E-state index in [1.807, 2.05) is 0 Å². The number of hydrogen-bond acceptors (Lipinski definition) is 0. The summed E-state index contributed by atoms with van der Waals surface area (Å²) >= 11 is 0. The van der Waals surface area contributed by atoms with Gasteiger partial charge in [0, 0.05) is 0 Å². The molecule has 84 valence electrons. The third-order valence-corrected chi connectivity index (χ3v) is 4.50. The Morgan fingerprint density at radius 3 is 2.19 bits per heavy atom. The van der Waals surface area contributed by atoms with Gasteiger partial charge in [0.05, 0.1) is 0 Å². The minimum atomic E-state index is 1.16. The average molecular weight is 229 g/mol. The predicted octanol–water partition coefficient (Wildman–Crippen LogP) is 5.09. The first-order chi connectivity index (χ1) is 7.74. The molecule has 0 N–H and O–H groups in total. The summed E-state index contributed by atoms with van der Waals surface area (Å²) in [4.78, 5) is 0. The van der Waals surface area contributed by atoms with Crippen LogP contribution in [0.25, 0.3) is 10.9 Å². The first-order valence-corrected chi connectivity index (χ1v) is 6.86. The fourth-order valence-corrected chi connectivity index (χ4v) is 3.30. The zero-order chi connectivity index (χ0) is 11.5. The zero-order valence-corrected chi connectivity index (χ0v) is 11.1. The second-order valence-corrected chi connectivity index (χ2v) is 5.43. The van der Waals surface area contributed by atoms with E-state index in [-0.39, 0.29) is 0 Å². The van der Waals surface area contributed by atoms with Gasteiger partial charge in [-0.1, -0.05) is 61.7 Å². The Kier molecular flexibility index (Phi) is 3.51. The van der Waals surface area contributed by atoms with E-state index in [1.165, 1.54) is 31.0 Å². The summed E-state index contributed by atoms with van der Waals surface area (Å²) in [5.74, 6) is 0. The summed E-state index contributed by atoms with van der Waals surface area (Å²) < 4.78 is 0. The van der Waals surface area contributed by atoms with Crippen molar-refractivity contribution >= 4 is 8.19 Å². The molecule has 0 saturated carbocycles. The average Bonchev–Trinajstić information content (AvgIpc) is 2.73. The van der Waals surface area contributed by atoms with Crippen LogP contribution < -0.4 is 0 Å². The number of hydrogen-bond donors (Lipinski definition) is 0. The molecule has 0 atom stereocenters. The Hall–Kier alpha value is -1.000. The Labute approximate surface area is 99.8 Å². The zero-order valence-electron chi connectivity index (χ0n) is 10.2. The number of benzene rings is 1. The maximum absolute atomic E-state index is 2.38. The topological polar surface area (TPSA) is 0 Å². The van der Waals surface area contributed by atoms with Gasteiger partial charge in [-0.15, -0.1) is 0 Å². The monoisotopic (exact) mass is 229 g/mol. The van der Waals surface area contributed by atoms with Crippen LogP contribution in [0.5, 0.6) is 0 Å². The quantitative estimate of drug-likeness (QED) is 0.688. The van der Waals surface area contributed by atoms with Crippen LogP contribution in [0.1, 0.15) is 30.3 Å². The molecule has 0 nitrogen and oxygen atoms in total. The molecule has 1 aromatic carbocycles. The van der Waals surface area contributed by atoms with E-state index in [1.54, 1.807) is 10.9 Å². The van der Waals surface area contributed by atoms with Crippen LogP contribution in [0, 0.1) is 6.92 Å². The summed E-state index contributed by atoms with van der Waals surface area (Å²) in [6.45, 7) is 6.64. The van der Waals surface area contributed by atoms with Gasteiger partial charge < -0.3 is 8.19 Å². The van der Waals surface area contributed by atoms with Crippen LogP contribution in [0.3, 0.4) is 0 Å². The van der Waals surface area contributed by atoms with Gasteiger partial charge in [0.15, 0.2) is 0 Å². The molecule has 2 aromatic rings. The lowest BCUT2D eigenvalue weighted by Gasteiger charge is -2.09. The fraction of sp³-hybridized carbons (Fsp3) is 0.333. The van der Waals surface area contributed by atoms with Crippen LogP contribution in [-0.2, 0) is 12.8 Å². The van der Waals surface area contributed by atoms with Crippen LogP contribution in [-0.4, -0.2) is 0 Å². The van der Waals surface area contributed by atoms with E-state index in [2.05, 4.69) is 51.1 Å². The van der Waals surface area contributed by atoms with Crippen LogP contribution in [0.2, 0.25) is 0 Å². The smallest absolute Gasteiger partial charge is 0.0331 e. The molecule has 0 bridgehead atoms. The molecule has 0 fully saturated rings. The molecule has 0 amide bonds. The van der Waals surface area contributed by atoms with Crippen molar-refractivity contribution in [2.75, 3.05) is 0 Å². The molecule has 0 spiro atoms. The van der Waals surface area contributed by atoms with Crippen molar-refractivity contribution < 1.29 is 0 Å². The van der Waals surface area contributed by atoms with E-state index in [0.29, 0.717) is 0 Å². The van der Waals surface area contributed by atoms with Gasteiger partial charge in [-0.3, -0.25) is 0 Å². The molecule has 0 aliphatic heterocycles. The highest BCUT2D eigenvalue weighted by Crippen LogP contribution is 2.36. The largest absolute Gasteiger partial charge is 0.519 e. The van der Waals surface area contributed by atoms with Crippen LogP contribution >= 0.6 is 8.19 Å². The second kappa shape index (κ2) is 4.89. The summed E-state index contributed by atoms with van der Waals surface area (Å²) in [5, 5.41) is 3.06.